The highest BCUT2D eigenvalue weighted by atomic mass is 35.5. The molecule has 2 nitrogen and oxygen atoms in total. The highest BCUT2D eigenvalue weighted by molar-refractivity contribution is 6.30. The summed E-state index contributed by atoms with van der Waals surface area (Å²) in [4.78, 5) is 0. The van der Waals surface area contributed by atoms with Gasteiger partial charge in [-0.3, -0.25) is 0 Å². The smallest absolute Gasteiger partial charge is 0.123 e. The van der Waals surface area contributed by atoms with E-state index in [1.54, 1.807) is 13.2 Å². The second-order valence-corrected chi connectivity index (χ2v) is 3.34. The minimum atomic E-state index is -0.00588. The number of rotatable bonds is 3. The van der Waals surface area contributed by atoms with E-state index >= 15 is 0 Å². The molecule has 0 saturated carbocycles. The maximum atomic E-state index is 5.90. The van der Waals surface area contributed by atoms with Crippen LogP contribution in [0.5, 0.6) is 5.75 Å². The Balaban J connectivity index is 0.00000169. The number of nitrogens with two attached hydrogens (primary N) is 1. The summed E-state index contributed by atoms with van der Waals surface area (Å²) in [5.41, 5.74) is 6.87. The van der Waals surface area contributed by atoms with Crippen LogP contribution in [0.25, 0.3) is 0 Å². The second-order valence-electron chi connectivity index (χ2n) is 2.90. The highest BCUT2D eigenvalue weighted by Gasteiger charge is 2.09. The Hall–Kier alpha value is -0.440. The van der Waals surface area contributed by atoms with E-state index < -0.39 is 0 Å². The first-order chi connectivity index (χ1) is 6.19. The molecular weight excluding hydrogens is 221 g/mol. The number of methoxy groups -OCH3 is 1. The lowest BCUT2D eigenvalue weighted by Gasteiger charge is -2.13. The first-order valence-electron chi connectivity index (χ1n) is 4.28. The standard InChI is InChI=1S/C10H14ClNO.ClH/c1-3-9(12)8-6-7(11)4-5-10(8)13-2;/h4-6,9H,3,12H2,1-2H3;1H/t9-;/m0./s1. The van der Waals surface area contributed by atoms with Crippen LogP contribution < -0.4 is 10.5 Å². The lowest BCUT2D eigenvalue weighted by Crippen LogP contribution is -2.10. The van der Waals surface area contributed by atoms with E-state index in [2.05, 4.69) is 0 Å². The highest BCUT2D eigenvalue weighted by Crippen LogP contribution is 2.28. The molecule has 0 spiro atoms. The van der Waals surface area contributed by atoms with E-state index in [0.29, 0.717) is 5.02 Å². The van der Waals surface area contributed by atoms with Crippen LogP contribution in [0.15, 0.2) is 18.2 Å². The van der Waals surface area contributed by atoms with Gasteiger partial charge in [-0.1, -0.05) is 18.5 Å². The van der Waals surface area contributed by atoms with Crippen LogP contribution in [0.4, 0.5) is 0 Å². The van der Waals surface area contributed by atoms with Crippen LogP contribution in [-0.2, 0) is 0 Å². The predicted molar refractivity (Wildman–Crippen MR) is 62.5 cm³/mol. The summed E-state index contributed by atoms with van der Waals surface area (Å²) < 4.78 is 5.18. The lowest BCUT2D eigenvalue weighted by atomic mass is 10.0. The zero-order valence-electron chi connectivity index (χ0n) is 8.29. The molecule has 1 aromatic carbocycles. The van der Waals surface area contributed by atoms with E-state index in [4.69, 9.17) is 22.1 Å². The summed E-state index contributed by atoms with van der Waals surface area (Å²) in [7, 11) is 1.63. The van der Waals surface area contributed by atoms with Gasteiger partial charge in [-0.2, -0.15) is 0 Å². The van der Waals surface area contributed by atoms with Crippen molar-refractivity contribution in [3.05, 3.63) is 28.8 Å². The van der Waals surface area contributed by atoms with Gasteiger partial charge in [0.05, 0.1) is 7.11 Å². The SMILES string of the molecule is CC[C@H](N)c1cc(Cl)ccc1OC.Cl. The van der Waals surface area contributed by atoms with E-state index in [9.17, 15) is 0 Å². The van der Waals surface area contributed by atoms with E-state index in [1.807, 2.05) is 19.1 Å². The normalized spacial score (nSPS) is 11.7. The largest absolute Gasteiger partial charge is 0.496 e. The van der Waals surface area contributed by atoms with Crippen molar-refractivity contribution in [2.24, 2.45) is 5.73 Å². The molecule has 80 valence electrons. The van der Waals surface area contributed by atoms with Crippen molar-refractivity contribution in [2.45, 2.75) is 19.4 Å². The van der Waals surface area contributed by atoms with Gasteiger partial charge in [-0.25, -0.2) is 0 Å². The molecule has 0 amide bonds. The Morgan fingerprint density at radius 2 is 2.14 bits per heavy atom. The Morgan fingerprint density at radius 1 is 1.50 bits per heavy atom. The fourth-order valence-electron chi connectivity index (χ4n) is 1.21. The van der Waals surface area contributed by atoms with Crippen molar-refractivity contribution in [1.82, 2.24) is 0 Å². The van der Waals surface area contributed by atoms with Gasteiger partial charge in [0, 0.05) is 16.6 Å². The minimum absolute atomic E-state index is 0. The van der Waals surface area contributed by atoms with Crippen molar-refractivity contribution < 1.29 is 4.74 Å². The molecule has 0 bridgehead atoms. The van der Waals surface area contributed by atoms with Gasteiger partial charge < -0.3 is 10.5 Å². The Bertz CT molecular complexity index is 291. The van der Waals surface area contributed by atoms with Crippen molar-refractivity contribution >= 4 is 24.0 Å². The average Bonchev–Trinajstić information content (AvgIpc) is 2.16. The molecule has 0 aromatic heterocycles. The molecule has 14 heavy (non-hydrogen) atoms. The fourth-order valence-corrected chi connectivity index (χ4v) is 1.40. The molecule has 0 aliphatic rings. The molecule has 0 aliphatic carbocycles. The fraction of sp³-hybridized carbons (Fsp3) is 0.400. The zero-order valence-corrected chi connectivity index (χ0v) is 9.86. The van der Waals surface area contributed by atoms with Gasteiger partial charge in [0.1, 0.15) is 5.75 Å². The molecule has 0 aliphatic heterocycles. The average molecular weight is 236 g/mol. The number of hydrogen-bond acceptors (Lipinski definition) is 2. The van der Waals surface area contributed by atoms with Crippen LogP contribution in [0, 0.1) is 0 Å². The van der Waals surface area contributed by atoms with E-state index in [0.717, 1.165) is 17.7 Å². The Morgan fingerprint density at radius 3 is 2.64 bits per heavy atom. The molecule has 2 N–H and O–H groups in total. The third-order valence-corrected chi connectivity index (χ3v) is 2.27. The molecule has 0 radical (unpaired) electrons. The molecule has 0 saturated heterocycles. The molecular formula is C10H15Cl2NO. The van der Waals surface area contributed by atoms with Gasteiger partial charge in [-0.05, 0) is 24.6 Å². The van der Waals surface area contributed by atoms with Gasteiger partial charge in [-0.15, -0.1) is 12.4 Å². The van der Waals surface area contributed by atoms with Crippen LogP contribution in [0.2, 0.25) is 5.02 Å². The number of ether oxygens (including phenoxy) is 1. The van der Waals surface area contributed by atoms with Crippen LogP contribution in [0.3, 0.4) is 0 Å². The summed E-state index contributed by atoms with van der Waals surface area (Å²) in [5, 5.41) is 0.694. The third kappa shape index (κ3) is 3.05. The number of benzene rings is 1. The number of halogens is 2. The maximum absolute atomic E-state index is 5.90. The van der Waals surface area contributed by atoms with Crippen LogP contribution >= 0.6 is 24.0 Å². The third-order valence-electron chi connectivity index (χ3n) is 2.03. The molecule has 4 heteroatoms. The van der Waals surface area contributed by atoms with Gasteiger partial charge in [0.2, 0.25) is 0 Å². The van der Waals surface area contributed by atoms with Gasteiger partial charge in [0.25, 0.3) is 0 Å². The molecule has 0 unspecified atom stereocenters. The van der Waals surface area contributed by atoms with Gasteiger partial charge in [0.15, 0.2) is 0 Å². The van der Waals surface area contributed by atoms with Crippen molar-refractivity contribution in [3.8, 4) is 5.75 Å². The topological polar surface area (TPSA) is 35.2 Å². The lowest BCUT2D eigenvalue weighted by molar-refractivity contribution is 0.405. The van der Waals surface area contributed by atoms with E-state index in [-0.39, 0.29) is 18.4 Å². The van der Waals surface area contributed by atoms with Crippen molar-refractivity contribution in [1.29, 1.82) is 0 Å². The van der Waals surface area contributed by atoms with Crippen molar-refractivity contribution in [2.75, 3.05) is 7.11 Å². The first kappa shape index (κ1) is 13.6. The molecule has 1 atom stereocenters. The molecule has 1 rings (SSSR count). The zero-order chi connectivity index (χ0) is 9.84. The minimum Gasteiger partial charge on any atom is -0.496 e. The van der Waals surface area contributed by atoms with Crippen molar-refractivity contribution in [3.63, 3.8) is 0 Å². The molecule has 0 heterocycles. The summed E-state index contributed by atoms with van der Waals surface area (Å²) in [6.07, 6.45) is 0.872. The maximum Gasteiger partial charge on any atom is 0.123 e. The second kappa shape index (κ2) is 6.12. The van der Waals surface area contributed by atoms with Gasteiger partial charge >= 0.3 is 0 Å². The quantitative estimate of drug-likeness (QED) is 0.874. The Kier molecular flexibility index (Phi) is 5.93. The summed E-state index contributed by atoms with van der Waals surface area (Å²) in [6, 6.07) is 5.49. The molecule has 1 aromatic rings. The van der Waals surface area contributed by atoms with E-state index in [1.165, 1.54) is 0 Å². The van der Waals surface area contributed by atoms with Crippen LogP contribution in [0.1, 0.15) is 24.9 Å². The summed E-state index contributed by atoms with van der Waals surface area (Å²) >= 11 is 5.86. The Labute approximate surface area is 95.8 Å². The monoisotopic (exact) mass is 235 g/mol. The predicted octanol–water partition coefficient (Wildman–Crippen LogP) is 3.18. The summed E-state index contributed by atoms with van der Waals surface area (Å²) in [6.45, 7) is 2.03. The van der Waals surface area contributed by atoms with Crippen LogP contribution in [-0.4, -0.2) is 7.11 Å². The summed E-state index contributed by atoms with van der Waals surface area (Å²) in [5.74, 6) is 0.804. The first-order valence-corrected chi connectivity index (χ1v) is 4.65. The number of hydrogen-bond donors (Lipinski definition) is 1. The molecule has 0 fully saturated rings.